The van der Waals surface area contributed by atoms with Crippen molar-refractivity contribution in [1.29, 1.82) is 0 Å². The molecule has 2 aliphatic heterocycles. The average Bonchev–Trinajstić information content (AvgIpc) is 3.28. The van der Waals surface area contributed by atoms with Crippen LogP contribution in [0.5, 0.6) is 0 Å². The standard InChI is InChI=1S/C18H16N4O4S2/c23-14(24)10-22-17(26)12(28-18(22)27)9-11-15(20-6-3-4-7-20)19-13-5-1-2-8-21(13)16(11)25/h1-2,5,8-9H,3-4,6-7,10H2,(H,23,24)/b12-9+. The minimum atomic E-state index is -1.15. The third-order valence-corrected chi connectivity index (χ3v) is 5.97. The van der Waals surface area contributed by atoms with Gasteiger partial charge in [-0.3, -0.25) is 23.7 Å². The maximum atomic E-state index is 13.1. The Morgan fingerprint density at radius 3 is 2.75 bits per heavy atom. The fourth-order valence-corrected chi connectivity index (χ4v) is 4.53. The van der Waals surface area contributed by atoms with Crippen LogP contribution in [0.1, 0.15) is 18.4 Å². The summed E-state index contributed by atoms with van der Waals surface area (Å²) in [4.78, 5) is 44.7. The van der Waals surface area contributed by atoms with Crippen molar-refractivity contribution in [3.63, 3.8) is 0 Å². The zero-order chi connectivity index (χ0) is 19.8. The van der Waals surface area contributed by atoms with Crippen molar-refractivity contribution in [1.82, 2.24) is 14.3 Å². The normalized spacial score (nSPS) is 18.6. The molecule has 4 heterocycles. The Kier molecular flexibility index (Phi) is 4.90. The topological polar surface area (TPSA) is 95.2 Å². The fraction of sp³-hybridized carbons (Fsp3) is 0.278. The number of carbonyl (C=O) groups excluding carboxylic acids is 1. The molecule has 2 aromatic rings. The van der Waals surface area contributed by atoms with Crippen LogP contribution in [-0.4, -0.2) is 55.2 Å². The average molecular weight is 416 g/mol. The third kappa shape index (κ3) is 3.29. The number of aromatic nitrogens is 2. The maximum absolute atomic E-state index is 13.1. The highest BCUT2D eigenvalue weighted by molar-refractivity contribution is 8.26. The molecule has 0 spiro atoms. The van der Waals surface area contributed by atoms with Gasteiger partial charge in [-0.15, -0.1) is 0 Å². The van der Waals surface area contributed by atoms with Crippen molar-refractivity contribution in [2.75, 3.05) is 24.5 Å². The number of carboxylic acid groups (broad SMARTS) is 1. The highest BCUT2D eigenvalue weighted by Crippen LogP contribution is 2.33. The van der Waals surface area contributed by atoms with Crippen LogP contribution in [0.4, 0.5) is 5.82 Å². The number of hydrogen-bond acceptors (Lipinski definition) is 7. The summed E-state index contributed by atoms with van der Waals surface area (Å²) in [6.07, 6.45) is 5.14. The molecule has 0 aromatic carbocycles. The van der Waals surface area contributed by atoms with Crippen LogP contribution in [0.15, 0.2) is 34.1 Å². The van der Waals surface area contributed by atoms with Crippen molar-refractivity contribution in [3.05, 3.63) is 45.2 Å². The van der Waals surface area contributed by atoms with E-state index in [1.807, 2.05) is 11.0 Å². The first kappa shape index (κ1) is 18.6. The first-order valence-electron chi connectivity index (χ1n) is 8.69. The van der Waals surface area contributed by atoms with E-state index in [4.69, 9.17) is 17.3 Å². The largest absolute Gasteiger partial charge is 0.480 e. The zero-order valence-corrected chi connectivity index (χ0v) is 16.3. The first-order valence-corrected chi connectivity index (χ1v) is 9.91. The van der Waals surface area contributed by atoms with Gasteiger partial charge in [-0.05, 0) is 31.1 Å². The van der Waals surface area contributed by atoms with E-state index >= 15 is 0 Å². The number of hydrogen-bond donors (Lipinski definition) is 1. The Morgan fingerprint density at radius 1 is 1.29 bits per heavy atom. The minimum Gasteiger partial charge on any atom is -0.480 e. The van der Waals surface area contributed by atoms with Crippen LogP contribution in [0.3, 0.4) is 0 Å². The van der Waals surface area contributed by atoms with Crippen LogP contribution in [0.25, 0.3) is 11.7 Å². The van der Waals surface area contributed by atoms with Gasteiger partial charge in [0.05, 0.1) is 10.5 Å². The Bertz CT molecular complexity index is 1090. The van der Waals surface area contributed by atoms with Gasteiger partial charge in [-0.25, -0.2) is 4.98 Å². The van der Waals surface area contributed by atoms with Crippen LogP contribution in [0, 0.1) is 0 Å². The maximum Gasteiger partial charge on any atom is 0.323 e. The Labute approximate surface area is 169 Å². The smallest absolute Gasteiger partial charge is 0.323 e. The molecule has 2 fully saturated rings. The van der Waals surface area contributed by atoms with E-state index in [2.05, 4.69) is 4.98 Å². The molecule has 28 heavy (non-hydrogen) atoms. The number of amides is 1. The number of fused-ring (bicyclic) bond motifs is 1. The van der Waals surface area contributed by atoms with E-state index in [1.54, 1.807) is 18.3 Å². The molecule has 10 heteroatoms. The zero-order valence-electron chi connectivity index (χ0n) is 14.7. The second-order valence-corrected chi connectivity index (χ2v) is 8.11. The molecule has 0 atom stereocenters. The molecule has 0 aliphatic carbocycles. The molecule has 8 nitrogen and oxygen atoms in total. The second-order valence-electron chi connectivity index (χ2n) is 6.44. The number of anilines is 1. The number of carboxylic acids is 1. The van der Waals surface area contributed by atoms with E-state index in [0.717, 1.165) is 42.6 Å². The predicted octanol–water partition coefficient (Wildman–Crippen LogP) is 1.58. The van der Waals surface area contributed by atoms with Gasteiger partial charge in [0.25, 0.3) is 11.5 Å². The van der Waals surface area contributed by atoms with Gasteiger partial charge in [0, 0.05) is 19.3 Å². The van der Waals surface area contributed by atoms with Crippen molar-refractivity contribution >= 4 is 57.7 Å². The molecule has 2 aliphatic rings. The minimum absolute atomic E-state index is 0.162. The summed E-state index contributed by atoms with van der Waals surface area (Å²) in [6, 6.07) is 5.31. The number of aliphatic carboxylic acids is 1. The molecular formula is C18H16N4O4S2. The molecule has 0 radical (unpaired) electrons. The monoisotopic (exact) mass is 416 g/mol. The van der Waals surface area contributed by atoms with Crippen LogP contribution >= 0.6 is 24.0 Å². The van der Waals surface area contributed by atoms with Crippen molar-refractivity contribution < 1.29 is 14.7 Å². The SMILES string of the molecule is O=C(O)CN1C(=O)/C(=C\c2c(N3CCCC3)nc3ccccn3c2=O)SC1=S. The van der Waals surface area contributed by atoms with E-state index < -0.39 is 18.4 Å². The van der Waals surface area contributed by atoms with E-state index in [1.165, 1.54) is 10.5 Å². The lowest BCUT2D eigenvalue weighted by Gasteiger charge is -2.19. The molecular weight excluding hydrogens is 400 g/mol. The van der Waals surface area contributed by atoms with Gasteiger partial charge < -0.3 is 10.0 Å². The summed E-state index contributed by atoms with van der Waals surface area (Å²) in [7, 11) is 0. The summed E-state index contributed by atoms with van der Waals surface area (Å²) in [5.74, 6) is -1.12. The molecule has 0 unspecified atom stereocenters. The number of thiocarbonyl (C=S) groups is 1. The summed E-state index contributed by atoms with van der Waals surface area (Å²) in [6.45, 7) is 1.07. The lowest BCUT2D eigenvalue weighted by atomic mass is 10.2. The summed E-state index contributed by atoms with van der Waals surface area (Å²) < 4.78 is 1.60. The molecule has 4 rings (SSSR count). The number of pyridine rings is 1. The van der Waals surface area contributed by atoms with Gasteiger partial charge >= 0.3 is 5.97 Å². The molecule has 2 saturated heterocycles. The Morgan fingerprint density at radius 2 is 2.04 bits per heavy atom. The molecule has 144 valence electrons. The van der Waals surface area contributed by atoms with E-state index in [0.29, 0.717) is 17.0 Å². The lowest BCUT2D eigenvalue weighted by Crippen LogP contribution is -2.33. The molecule has 1 amide bonds. The number of thioether (sulfide) groups is 1. The highest BCUT2D eigenvalue weighted by Gasteiger charge is 2.34. The first-order chi connectivity index (χ1) is 13.5. The number of rotatable bonds is 4. The number of carbonyl (C=O) groups is 2. The Hall–Kier alpha value is -2.72. The van der Waals surface area contributed by atoms with Gasteiger partial charge in [0.1, 0.15) is 22.3 Å². The molecule has 1 N–H and O–H groups in total. The highest BCUT2D eigenvalue weighted by atomic mass is 32.2. The molecule has 0 saturated carbocycles. The quantitative estimate of drug-likeness (QED) is 0.593. The molecule has 2 aromatic heterocycles. The summed E-state index contributed by atoms with van der Waals surface area (Å²) in [5, 5.41) is 8.98. The van der Waals surface area contributed by atoms with E-state index in [-0.39, 0.29) is 14.8 Å². The van der Waals surface area contributed by atoms with Crippen molar-refractivity contribution in [2.45, 2.75) is 12.8 Å². The predicted molar refractivity (Wildman–Crippen MR) is 110 cm³/mol. The lowest BCUT2D eigenvalue weighted by molar-refractivity contribution is -0.140. The van der Waals surface area contributed by atoms with Crippen molar-refractivity contribution in [3.8, 4) is 0 Å². The third-order valence-electron chi connectivity index (χ3n) is 4.60. The van der Waals surface area contributed by atoms with Gasteiger partial charge in [0.2, 0.25) is 0 Å². The fourth-order valence-electron chi connectivity index (χ4n) is 3.29. The van der Waals surface area contributed by atoms with Gasteiger partial charge in [-0.1, -0.05) is 30.0 Å². The second kappa shape index (κ2) is 7.36. The van der Waals surface area contributed by atoms with Crippen LogP contribution < -0.4 is 10.5 Å². The Balaban J connectivity index is 1.85. The van der Waals surface area contributed by atoms with E-state index in [9.17, 15) is 14.4 Å². The van der Waals surface area contributed by atoms with Crippen LogP contribution in [0.2, 0.25) is 0 Å². The number of nitrogens with zero attached hydrogens (tertiary/aromatic N) is 4. The van der Waals surface area contributed by atoms with Gasteiger partial charge in [-0.2, -0.15) is 0 Å². The van der Waals surface area contributed by atoms with Crippen molar-refractivity contribution in [2.24, 2.45) is 0 Å². The van der Waals surface area contributed by atoms with Crippen LogP contribution in [-0.2, 0) is 9.59 Å². The van der Waals surface area contributed by atoms with Gasteiger partial charge in [0.15, 0.2) is 0 Å². The summed E-state index contributed by atoms with van der Waals surface area (Å²) >= 11 is 6.13. The molecule has 0 bridgehead atoms. The summed E-state index contributed by atoms with van der Waals surface area (Å²) in [5.41, 5.74) is 0.558.